The quantitative estimate of drug-likeness (QED) is 0.617. The Morgan fingerprint density at radius 2 is 1.20 bits per heavy atom. The molecular weight excluding hydrogens is 240 g/mol. The summed E-state index contributed by atoms with van der Waals surface area (Å²) in [5.74, 6) is 0. The summed E-state index contributed by atoms with van der Waals surface area (Å²) in [6.45, 7) is 10.2. The summed E-state index contributed by atoms with van der Waals surface area (Å²) < 4.78 is 0. The average molecular weight is 264 g/mol. The molecule has 0 radical (unpaired) electrons. The molecule has 0 spiro atoms. The first-order valence-electron chi connectivity index (χ1n) is 6.93. The van der Waals surface area contributed by atoms with E-state index in [1.807, 2.05) is 42.5 Å². The van der Waals surface area contributed by atoms with Crippen molar-refractivity contribution in [3.8, 4) is 0 Å². The molecule has 0 aromatic heterocycles. The van der Waals surface area contributed by atoms with Gasteiger partial charge in [-0.2, -0.15) is 0 Å². The molecule has 0 nitrogen and oxygen atoms in total. The van der Waals surface area contributed by atoms with Crippen molar-refractivity contribution in [2.24, 2.45) is 5.41 Å². The van der Waals surface area contributed by atoms with Gasteiger partial charge in [0, 0.05) is 0 Å². The van der Waals surface area contributed by atoms with Crippen LogP contribution in [0.5, 0.6) is 0 Å². The first kappa shape index (κ1) is 16.0. The van der Waals surface area contributed by atoms with Crippen LogP contribution in [-0.2, 0) is 0 Å². The predicted molar refractivity (Wildman–Crippen MR) is 91.5 cm³/mol. The molecule has 0 fully saturated rings. The van der Waals surface area contributed by atoms with Gasteiger partial charge in [0.05, 0.1) is 0 Å². The molecule has 2 aromatic carbocycles. The van der Waals surface area contributed by atoms with Crippen LogP contribution in [0.3, 0.4) is 0 Å². The maximum absolute atomic E-state index is 3.63. The Hall–Kier alpha value is -2.08. The number of allylic oxidation sites excluding steroid dienone is 1. The Bertz CT molecular complexity index is 513. The number of benzene rings is 2. The van der Waals surface area contributed by atoms with E-state index < -0.39 is 0 Å². The Morgan fingerprint density at radius 1 is 0.750 bits per heavy atom. The van der Waals surface area contributed by atoms with Gasteiger partial charge in [-0.15, -0.1) is 0 Å². The highest BCUT2D eigenvalue weighted by molar-refractivity contribution is 5.49. The van der Waals surface area contributed by atoms with Crippen molar-refractivity contribution >= 4 is 12.2 Å². The first-order chi connectivity index (χ1) is 9.51. The third kappa shape index (κ3) is 7.38. The average Bonchev–Trinajstić information content (AvgIpc) is 2.47. The minimum absolute atomic E-state index is 0.274. The zero-order valence-corrected chi connectivity index (χ0v) is 12.7. The molecule has 0 aliphatic carbocycles. The van der Waals surface area contributed by atoms with Gasteiger partial charge >= 0.3 is 0 Å². The summed E-state index contributed by atoms with van der Waals surface area (Å²) >= 11 is 0. The number of rotatable bonds is 2. The number of hydrogen-bond acceptors (Lipinski definition) is 0. The Balaban J connectivity index is 0.000000217. The van der Waals surface area contributed by atoms with Crippen LogP contribution in [0.25, 0.3) is 12.2 Å². The van der Waals surface area contributed by atoms with E-state index in [0.717, 1.165) is 0 Å². The molecule has 0 aliphatic heterocycles. The van der Waals surface area contributed by atoms with Crippen LogP contribution in [0, 0.1) is 5.41 Å². The topological polar surface area (TPSA) is 0 Å². The monoisotopic (exact) mass is 264 g/mol. The summed E-state index contributed by atoms with van der Waals surface area (Å²) in [6.07, 6.45) is 6.22. The lowest BCUT2D eigenvalue weighted by Gasteiger charge is -2.10. The standard InChI is InChI=1S/C12H16.C8H8/c1-12(2,3)10-9-11-7-5-4-6-8-11;1-2-8-6-4-3-5-7-8/h4-10H,1-3H3;2-7H,1H2. The molecular formula is C20H24. The van der Waals surface area contributed by atoms with Crippen molar-refractivity contribution in [2.45, 2.75) is 20.8 Å². The SMILES string of the molecule is C=Cc1ccccc1.CC(C)(C)C=Cc1ccccc1. The molecule has 0 heteroatoms. The van der Waals surface area contributed by atoms with Crippen molar-refractivity contribution in [1.29, 1.82) is 0 Å². The van der Waals surface area contributed by atoms with Gasteiger partial charge in [-0.05, 0) is 16.5 Å². The maximum atomic E-state index is 3.63. The highest BCUT2D eigenvalue weighted by Crippen LogP contribution is 2.16. The largest absolute Gasteiger partial charge is 0.0985 e. The predicted octanol–water partition coefficient (Wildman–Crippen LogP) is 6.08. The van der Waals surface area contributed by atoms with Crippen molar-refractivity contribution in [3.05, 3.63) is 84.4 Å². The summed E-state index contributed by atoms with van der Waals surface area (Å²) in [5, 5.41) is 0. The normalized spacial score (nSPS) is 10.8. The second-order valence-corrected chi connectivity index (χ2v) is 5.72. The van der Waals surface area contributed by atoms with E-state index in [1.165, 1.54) is 11.1 Å². The van der Waals surface area contributed by atoms with E-state index in [2.05, 4.69) is 63.8 Å². The van der Waals surface area contributed by atoms with E-state index in [4.69, 9.17) is 0 Å². The van der Waals surface area contributed by atoms with Crippen LogP contribution < -0.4 is 0 Å². The van der Waals surface area contributed by atoms with Crippen molar-refractivity contribution in [2.75, 3.05) is 0 Å². The molecule has 0 saturated carbocycles. The van der Waals surface area contributed by atoms with Crippen molar-refractivity contribution in [3.63, 3.8) is 0 Å². The zero-order valence-electron chi connectivity index (χ0n) is 12.7. The maximum Gasteiger partial charge on any atom is -0.0200 e. The molecule has 0 N–H and O–H groups in total. The molecule has 0 aliphatic rings. The van der Waals surface area contributed by atoms with Gasteiger partial charge in [-0.3, -0.25) is 0 Å². The molecule has 0 bridgehead atoms. The van der Waals surface area contributed by atoms with Crippen molar-refractivity contribution in [1.82, 2.24) is 0 Å². The van der Waals surface area contributed by atoms with Gasteiger partial charge < -0.3 is 0 Å². The first-order valence-corrected chi connectivity index (χ1v) is 6.93. The lowest BCUT2D eigenvalue weighted by Crippen LogP contribution is -1.97. The molecule has 0 saturated heterocycles. The Labute approximate surface area is 123 Å². The van der Waals surface area contributed by atoms with Crippen LogP contribution in [0.2, 0.25) is 0 Å². The summed E-state index contributed by atoms with van der Waals surface area (Å²) in [6, 6.07) is 20.4. The molecule has 2 rings (SSSR count). The van der Waals surface area contributed by atoms with Crippen LogP contribution in [-0.4, -0.2) is 0 Å². The highest BCUT2D eigenvalue weighted by Gasteiger charge is 2.02. The molecule has 0 atom stereocenters. The number of hydrogen-bond donors (Lipinski definition) is 0. The van der Waals surface area contributed by atoms with E-state index in [1.54, 1.807) is 0 Å². The second-order valence-electron chi connectivity index (χ2n) is 5.72. The molecule has 20 heavy (non-hydrogen) atoms. The van der Waals surface area contributed by atoms with Gasteiger partial charge in [0.25, 0.3) is 0 Å². The summed E-state index contributed by atoms with van der Waals surface area (Å²) in [5.41, 5.74) is 2.72. The fourth-order valence-corrected chi connectivity index (χ4v) is 1.50. The molecule has 0 unspecified atom stereocenters. The molecule has 0 heterocycles. The third-order valence-corrected chi connectivity index (χ3v) is 2.61. The minimum atomic E-state index is 0.274. The Morgan fingerprint density at radius 3 is 1.55 bits per heavy atom. The fourth-order valence-electron chi connectivity index (χ4n) is 1.50. The van der Waals surface area contributed by atoms with Gasteiger partial charge in [0.2, 0.25) is 0 Å². The second kappa shape index (κ2) is 8.16. The van der Waals surface area contributed by atoms with E-state index >= 15 is 0 Å². The summed E-state index contributed by atoms with van der Waals surface area (Å²) in [4.78, 5) is 0. The lowest BCUT2D eigenvalue weighted by molar-refractivity contribution is 0.547. The van der Waals surface area contributed by atoms with Gasteiger partial charge in [-0.1, -0.05) is 106 Å². The van der Waals surface area contributed by atoms with Crippen LogP contribution in [0.15, 0.2) is 73.3 Å². The Kier molecular flexibility index (Phi) is 6.52. The van der Waals surface area contributed by atoms with Crippen LogP contribution in [0.1, 0.15) is 31.9 Å². The van der Waals surface area contributed by atoms with E-state index in [-0.39, 0.29) is 5.41 Å². The molecule has 2 aromatic rings. The third-order valence-electron chi connectivity index (χ3n) is 2.61. The molecule has 104 valence electrons. The van der Waals surface area contributed by atoms with Gasteiger partial charge in [-0.25, -0.2) is 0 Å². The fraction of sp³-hybridized carbons (Fsp3) is 0.200. The van der Waals surface area contributed by atoms with E-state index in [0.29, 0.717) is 0 Å². The lowest BCUT2D eigenvalue weighted by atomic mass is 9.95. The van der Waals surface area contributed by atoms with Crippen LogP contribution in [0.4, 0.5) is 0 Å². The van der Waals surface area contributed by atoms with Gasteiger partial charge in [0.15, 0.2) is 0 Å². The summed E-state index contributed by atoms with van der Waals surface area (Å²) in [7, 11) is 0. The zero-order chi connectivity index (χ0) is 14.8. The van der Waals surface area contributed by atoms with Crippen LogP contribution >= 0.6 is 0 Å². The highest BCUT2D eigenvalue weighted by atomic mass is 14.1. The van der Waals surface area contributed by atoms with Crippen molar-refractivity contribution < 1.29 is 0 Å². The van der Waals surface area contributed by atoms with Gasteiger partial charge in [0.1, 0.15) is 0 Å². The van der Waals surface area contributed by atoms with E-state index in [9.17, 15) is 0 Å². The smallest absolute Gasteiger partial charge is 0.0200 e. The molecule has 0 amide bonds. The minimum Gasteiger partial charge on any atom is -0.0985 e.